The molecule has 18 heavy (non-hydrogen) atoms. The molecule has 0 saturated carbocycles. The first kappa shape index (κ1) is 14.6. The van der Waals surface area contributed by atoms with Crippen LogP contribution in [-0.2, 0) is 4.74 Å². The summed E-state index contributed by atoms with van der Waals surface area (Å²) in [6.07, 6.45) is 0.862. The molecule has 0 aliphatic rings. The van der Waals surface area contributed by atoms with Crippen LogP contribution in [0.15, 0.2) is 12.1 Å². The highest BCUT2D eigenvalue weighted by molar-refractivity contribution is 5.99. The first-order valence-electron chi connectivity index (χ1n) is 5.98. The summed E-state index contributed by atoms with van der Waals surface area (Å²) in [6, 6.07) is 3.04. The van der Waals surface area contributed by atoms with E-state index < -0.39 is 0 Å². The van der Waals surface area contributed by atoms with E-state index in [4.69, 9.17) is 4.74 Å². The lowest BCUT2D eigenvalue weighted by Gasteiger charge is -2.22. The summed E-state index contributed by atoms with van der Waals surface area (Å²) in [4.78, 5) is 13.5. The number of anilines is 1. The standard InChI is InChI=1S/C14H20FNO2/c1-10-8-14(16(3)6-5-7-18-4)12(11(2)17)9-13(10)15/h8-9H,5-7H2,1-4H3. The minimum Gasteiger partial charge on any atom is -0.385 e. The number of hydrogen-bond donors (Lipinski definition) is 0. The third-order valence-corrected chi connectivity index (χ3v) is 2.91. The van der Waals surface area contributed by atoms with Crippen molar-refractivity contribution in [1.29, 1.82) is 0 Å². The first-order valence-corrected chi connectivity index (χ1v) is 5.98. The van der Waals surface area contributed by atoms with Gasteiger partial charge in [-0.3, -0.25) is 4.79 Å². The van der Waals surface area contributed by atoms with Crippen LogP contribution in [0.3, 0.4) is 0 Å². The molecule has 1 aromatic rings. The number of methoxy groups -OCH3 is 1. The van der Waals surface area contributed by atoms with Gasteiger partial charge in [-0.1, -0.05) is 0 Å². The van der Waals surface area contributed by atoms with Crippen molar-refractivity contribution in [2.24, 2.45) is 0 Å². The van der Waals surface area contributed by atoms with Crippen molar-refractivity contribution >= 4 is 11.5 Å². The van der Waals surface area contributed by atoms with Crippen molar-refractivity contribution in [2.45, 2.75) is 20.3 Å². The topological polar surface area (TPSA) is 29.5 Å². The number of halogens is 1. The number of nitrogens with zero attached hydrogens (tertiary/aromatic N) is 1. The van der Waals surface area contributed by atoms with Gasteiger partial charge < -0.3 is 9.64 Å². The summed E-state index contributed by atoms with van der Waals surface area (Å²) in [5.74, 6) is -0.461. The van der Waals surface area contributed by atoms with E-state index in [9.17, 15) is 9.18 Å². The van der Waals surface area contributed by atoms with Crippen molar-refractivity contribution < 1.29 is 13.9 Å². The Bertz CT molecular complexity index is 432. The number of ketones is 1. The second kappa shape index (κ2) is 6.50. The number of carbonyl (C=O) groups is 1. The molecule has 0 aromatic heterocycles. The summed E-state index contributed by atoms with van der Waals surface area (Å²) < 4.78 is 18.5. The molecule has 0 spiro atoms. The number of Topliss-reactive ketones (excluding diaryl/α,β-unsaturated/α-hetero) is 1. The molecule has 0 N–H and O–H groups in total. The molecule has 0 bridgehead atoms. The summed E-state index contributed by atoms with van der Waals surface area (Å²) in [6.45, 7) is 4.58. The summed E-state index contributed by atoms with van der Waals surface area (Å²) in [5, 5.41) is 0. The third kappa shape index (κ3) is 3.53. The second-order valence-corrected chi connectivity index (χ2v) is 4.44. The van der Waals surface area contributed by atoms with Crippen molar-refractivity contribution in [1.82, 2.24) is 0 Å². The van der Waals surface area contributed by atoms with Crippen LogP contribution >= 0.6 is 0 Å². The normalized spacial score (nSPS) is 10.5. The van der Waals surface area contributed by atoms with Gasteiger partial charge >= 0.3 is 0 Å². The van der Waals surface area contributed by atoms with Gasteiger partial charge in [-0.2, -0.15) is 0 Å². The zero-order valence-electron chi connectivity index (χ0n) is 11.4. The molecular weight excluding hydrogens is 233 g/mol. The Morgan fingerprint density at radius 1 is 1.44 bits per heavy atom. The molecule has 0 aliphatic carbocycles. The fourth-order valence-corrected chi connectivity index (χ4v) is 1.83. The van der Waals surface area contributed by atoms with E-state index in [1.54, 1.807) is 20.1 Å². The minimum absolute atomic E-state index is 0.123. The van der Waals surface area contributed by atoms with Crippen LogP contribution in [0.5, 0.6) is 0 Å². The number of aryl methyl sites for hydroxylation is 1. The molecule has 0 atom stereocenters. The van der Waals surface area contributed by atoms with E-state index in [-0.39, 0.29) is 11.6 Å². The van der Waals surface area contributed by atoms with Crippen molar-refractivity contribution in [3.63, 3.8) is 0 Å². The van der Waals surface area contributed by atoms with E-state index >= 15 is 0 Å². The Morgan fingerprint density at radius 2 is 2.11 bits per heavy atom. The van der Waals surface area contributed by atoms with E-state index in [1.807, 2.05) is 11.9 Å². The fourth-order valence-electron chi connectivity index (χ4n) is 1.83. The van der Waals surface area contributed by atoms with Gasteiger partial charge in [0.05, 0.1) is 0 Å². The first-order chi connectivity index (χ1) is 8.47. The molecule has 0 saturated heterocycles. The number of ether oxygens (including phenoxy) is 1. The lowest BCUT2D eigenvalue weighted by Crippen LogP contribution is -2.22. The summed E-state index contributed by atoms with van der Waals surface area (Å²) in [7, 11) is 3.55. The molecule has 0 radical (unpaired) electrons. The number of benzene rings is 1. The highest BCUT2D eigenvalue weighted by Crippen LogP contribution is 2.24. The highest BCUT2D eigenvalue weighted by atomic mass is 19.1. The monoisotopic (exact) mass is 253 g/mol. The third-order valence-electron chi connectivity index (χ3n) is 2.91. The SMILES string of the molecule is COCCCN(C)c1cc(C)c(F)cc1C(C)=O. The highest BCUT2D eigenvalue weighted by Gasteiger charge is 2.14. The molecule has 1 rings (SSSR count). The van der Waals surface area contributed by atoms with Gasteiger partial charge in [0, 0.05) is 38.6 Å². The average molecular weight is 253 g/mol. The van der Waals surface area contributed by atoms with Crippen LogP contribution < -0.4 is 4.90 Å². The maximum Gasteiger partial charge on any atom is 0.161 e. The molecule has 0 amide bonds. The fraction of sp³-hybridized carbons (Fsp3) is 0.500. The number of carbonyl (C=O) groups excluding carboxylic acids is 1. The average Bonchev–Trinajstić information content (AvgIpc) is 2.32. The molecular formula is C14H20FNO2. The van der Waals surface area contributed by atoms with Crippen molar-refractivity contribution in [2.75, 3.05) is 32.2 Å². The number of hydrogen-bond acceptors (Lipinski definition) is 3. The lowest BCUT2D eigenvalue weighted by molar-refractivity contribution is 0.101. The van der Waals surface area contributed by atoms with Gasteiger partial charge in [0.1, 0.15) is 5.82 Å². The summed E-state index contributed by atoms with van der Waals surface area (Å²) >= 11 is 0. The predicted octanol–water partition coefficient (Wildman–Crippen LogP) is 2.81. The molecule has 0 fully saturated rings. The van der Waals surface area contributed by atoms with Crippen LogP contribution in [0.4, 0.5) is 10.1 Å². The Kier molecular flexibility index (Phi) is 5.28. The smallest absolute Gasteiger partial charge is 0.161 e. The van der Waals surface area contributed by atoms with Crippen LogP contribution in [-0.4, -0.2) is 33.1 Å². The molecule has 0 unspecified atom stereocenters. The maximum absolute atomic E-state index is 13.5. The van der Waals surface area contributed by atoms with Gasteiger partial charge in [-0.15, -0.1) is 0 Å². The van der Waals surface area contributed by atoms with Gasteiger partial charge in [-0.05, 0) is 38.0 Å². The zero-order chi connectivity index (χ0) is 13.7. The van der Waals surface area contributed by atoms with Gasteiger partial charge in [-0.25, -0.2) is 4.39 Å². The van der Waals surface area contributed by atoms with E-state index in [0.717, 1.165) is 18.7 Å². The van der Waals surface area contributed by atoms with Crippen LogP contribution in [0.25, 0.3) is 0 Å². The molecule has 100 valence electrons. The van der Waals surface area contributed by atoms with Crippen LogP contribution in [0.2, 0.25) is 0 Å². The Hall–Kier alpha value is -1.42. The van der Waals surface area contributed by atoms with E-state index in [0.29, 0.717) is 17.7 Å². The van der Waals surface area contributed by atoms with Crippen molar-refractivity contribution in [3.05, 3.63) is 29.1 Å². The van der Waals surface area contributed by atoms with Gasteiger partial charge in [0.25, 0.3) is 0 Å². The van der Waals surface area contributed by atoms with Gasteiger partial charge in [0.2, 0.25) is 0 Å². The van der Waals surface area contributed by atoms with Gasteiger partial charge in [0.15, 0.2) is 5.78 Å². The number of rotatable bonds is 6. The molecule has 0 heterocycles. The Balaban J connectivity index is 2.98. The molecule has 1 aromatic carbocycles. The predicted molar refractivity (Wildman–Crippen MR) is 70.9 cm³/mol. The second-order valence-electron chi connectivity index (χ2n) is 4.44. The van der Waals surface area contributed by atoms with E-state index in [1.165, 1.54) is 13.0 Å². The quantitative estimate of drug-likeness (QED) is 0.576. The Morgan fingerprint density at radius 3 is 2.67 bits per heavy atom. The zero-order valence-corrected chi connectivity index (χ0v) is 11.4. The molecule has 3 nitrogen and oxygen atoms in total. The minimum atomic E-state index is -0.339. The van der Waals surface area contributed by atoms with Crippen molar-refractivity contribution in [3.8, 4) is 0 Å². The molecule has 0 aliphatic heterocycles. The van der Waals surface area contributed by atoms with Crippen LogP contribution in [0.1, 0.15) is 29.3 Å². The van der Waals surface area contributed by atoms with Crippen LogP contribution in [0, 0.1) is 12.7 Å². The molecule has 4 heteroatoms. The van der Waals surface area contributed by atoms with E-state index in [2.05, 4.69) is 0 Å². The maximum atomic E-state index is 13.5. The lowest BCUT2D eigenvalue weighted by atomic mass is 10.0. The summed E-state index contributed by atoms with van der Waals surface area (Å²) in [5.41, 5.74) is 1.75. The Labute approximate surface area is 108 Å². The largest absolute Gasteiger partial charge is 0.385 e.